The van der Waals surface area contributed by atoms with Gasteiger partial charge in [0.2, 0.25) is 10.0 Å². The molecule has 3 aromatic carbocycles. The Morgan fingerprint density at radius 3 is 2.50 bits per heavy atom. The van der Waals surface area contributed by atoms with Gasteiger partial charge in [0, 0.05) is 72.6 Å². The number of nitrogens with one attached hydrogen (secondary N) is 1. The van der Waals surface area contributed by atoms with Crippen molar-refractivity contribution in [2.24, 2.45) is 0 Å². The summed E-state index contributed by atoms with van der Waals surface area (Å²) in [4.78, 5) is 33.7. The highest BCUT2D eigenvalue weighted by Crippen LogP contribution is 2.42. The largest absolute Gasteiger partial charge is 0.455 e. The van der Waals surface area contributed by atoms with Crippen LogP contribution in [0.4, 0.5) is 14.5 Å². The van der Waals surface area contributed by atoms with Gasteiger partial charge in [0.25, 0.3) is 11.8 Å². The van der Waals surface area contributed by atoms with Crippen LogP contribution in [0.5, 0.6) is 0 Å². The summed E-state index contributed by atoms with van der Waals surface area (Å²) in [6, 6.07) is 22.2. The first-order valence-corrected chi connectivity index (χ1v) is 17.5. The quantitative estimate of drug-likeness (QED) is 0.184. The summed E-state index contributed by atoms with van der Waals surface area (Å²) in [5.74, 6) is -1.14. The maximum atomic E-state index is 14.6. The van der Waals surface area contributed by atoms with E-state index < -0.39 is 34.6 Å². The number of alkyl halides is 1. The van der Waals surface area contributed by atoms with Gasteiger partial charge >= 0.3 is 0 Å². The number of benzene rings is 3. The highest BCUT2D eigenvalue weighted by Gasteiger charge is 2.33. The SMILES string of the molecule is CNC(=O)c1c(-c2ccc(F)cc2)oc2cc(N(CF)S(C)(=O)=O)c(-c3cccc(C(=O)N4CCn5cccc5C4c4cccnc4)c3)cc12. The molecule has 6 aromatic rings. The van der Waals surface area contributed by atoms with Crippen LogP contribution in [0.2, 0.25) is 0 Å². The van der Waals surface area contributed by atoms with Crippen molar-refractivity contribution in [2.75, 3.05) is 31.0 Å². The van der Waals surface area contributed by atoms with Crippen molar-refractivity contribution in [3.63, 3.8) is 0 Å². The molecule has 7 rings (SSSR count). The minimum atomic E-state index is -4.14. The summed E-state index contributed by atoms with van der Waals surface area (Å²) in [5.41, 5.74) is 3.31. The lowest BCUT2D eigenvalue weighted by molar-refractivity contribution is 0.0663. The number of halogens is 2. The van der Waals surface area contributed by atoms with Crippen LogP contribution < -0.4 is 9.62 Å². The molecule has 254 valence electrons. The molecule has 1 aliphatic rings. The zero-order valence-corrected chi connectivity index (χ0v) is 27.8. The number of hydrogen-bond acceptors (Lipinski definition) is 6. The minimum absolute atomic E-state index is 0.0565. The smallest absolute Gasteiger partial charge is 0.255 e. The van der Waals surface area contributed by atoms with E-state index >= 15 is 0 Å². The maximum absolute atomic E-state index is 14.6. The summed E-state index contributed by atoms with van der Waals surface area (Å²) in [5, 5.41) is 2.91. The normalized spacial score (nSPS) is 14.4. The van der Waals surface area contributed by atoms with E-state index in [9.17, 15) is 26.8 Å². The van der Waals surface area contributed by atoms with E-state index in [1.807, 2.05) is 30.5 Å². The Kier molecular flexibility index (Phi) is 8.44. The molecular weight excluding hydrogens is 664 g/mol. The molecule has 0 bridgehead atoms. The second-order valence-corrected chi connectivity index (χ2v) is 13.8. The Morgan fingerprint density at radius 1 is 1.00 bits per heavy atom. The van der Waals surface area contributed by atoms with Gasteiger partial charge in [-0.2, -0.15) is 0 Å². The second-order valence-electron chi connectivity index (χ2n) is 11.9. The molecule has 0 radical (unpaired) electrons. The highest BCUT2D eigenvalue weighted by atomic mass is 32.2. The van der Waals surface area contributed by atoms with Gasteiger partial charge in [-0.1, -0.05) is 18.2 Å². The number of aromatic nitrogens is 2. The number of carbonyl (C=O) groups excluding carboxylic acids is 2. The third kappa shape index (κ3) is 5.79. The second kappa shape index (κ2) is 12.9. The van der Waals surface area contributed by atoms with Gasteiger partial charge in [0.1, 0.15) is 17.2 Å². The van der Waals surface area contributed by atoms with Gasteiger partial charge in [-0.25, -0.2) is 21.5 Å². The lowest BCUT2D eigenvalue weighted by Gasteiger charge is -2.37. The van der Waals surface area contributed by atoms with Crippen LogP contribution in [0.25, 0.3) is 33.4 Å². The molecule has 0 spiro atoms. The Bertz CT molecular complexity index is 2360. The summed E-state index contributed by atoms with van der Waals surface area (Å²) in [6.07, 6.45) is 6.26. The van der Waals surface area contributed by atoms with Crippen molar-refractivity contribution in [1.29, 1.82) is 0 Å². The molecule has 4 heterocycles. The van der Waals surface area contributed by atoms with Crippen LogP contribution in [-0.2, 0) is 16.6 Å². The predicted octanol–water partition coefficient (Wildman–Crippen LogP) is 6.40. The van der Waals surface area contributed by atoms with Crippen LogP contribution in [0, 0.1) is 5.82 Å². The van der Waals surface area contributed by atoms with E-state index in [1.165, 1.54) is 37.4 Å². The van der Waals surface area contributed by atoms with Crippen LogP contribution in [0.3, 0.4) is 0 Å². The third-order valence-corrected chi connectivity index (χ3v) is 9.96. The van der Waals surface area contributed by atoms with Gasteiger partial charge in [-0.15, -0.1) is 0 Å². The lowest BCUT2D eigenvalue weighted by atomic mass is 9.96. The lowest BCUT2D eigenvalue weighted by Crippen LogP contribution is -2.42. The molecule has 10 nitrogen and oxygen atoms in total. The van der Waals surface area contributed by atoms with E-state index in [0.717, 1.165) is 17.5 Å². The zero-order valence-electron chi connectivity index (χ0n) is 27.0. The number of amides is 2. The Labute approximate surface area is 286 Å². The molecule has 50 heavy (non-hydrogen) atoms. The number of anilines is 1. The van der Waals surface area contributed by atoms with E-state index in [1.54, 1.807) is 47.6 Å². The topological polar surface area (TPSA) is 118 Å². The van der Waals surface area contributed by atoms with Gasteiger partial charge in [-0.3, -0.25) is 14.6 Å². The molecule has 3 aromatic heterocycles. The molecule has 0 saturated carbocycles. The van der Waals surface area contributed by atoms with Crippen molar-refractivity contribution in [2.45, 2.75) is 12.6 Å². The Morgan fingerprint density at radius 2 is 1.80 bits per heavy atom. The third-order valence-electron chi connectivity index (χ3n) is 8.86. The van der Waals surface area contributed by atoms with E-state index in [2.05, 4.69) is 14.9 Å². The summed E-state index contributed by atoms with van der Waals surface area (Å²) >= 11 is 0. The minimum Gasteiger partial charge on any atom is -0.455 e. The van der Waals surface area contributed by atoms with Gasteiger partial charge in [-0.05, 0) is 71.8 Å². The first-order valence-electron chi connectivity index (χ1n) is 15.7. The molecular formula is C37H31F2N5O5S. The Hall–Kier alpha value is -5.82. The van der Waals surface area contributed by atoms with Crippen LogP contribution in [0.1, 0.15) is 38.0 Å². The first kappa shape index (κ1) is 32.7. The average molecular weight is 696 g/mol. The molecule has 0 fully saturated rings. The number of hydrogen-bond donors (Lipinski definition) is 1. The van der Waals surface area contributed by atoms with Crippen molar-refractivity contribution < 1.29 is 31.2 Å². The molecule has 1 atom stereocenters. The summed E-state index contributed by atoms with van der Waals surface area (Å²) in [6.45, 7) is -0.379. The number of sulfonamides is 1. The average Bonchev–Trinajstić information content (AvgIpc) is 3.75. The fourth-order valence-corrected chi connectivity index (χ4v) is 7.22. The number of pyridine rings is 1. The monoisotopic (exact) mass is 695 g/mol. The van der Waals surface area contributed by atoms with Crippen molar-refractivity contribution >= 4 is 38.5 Å². The highest BCUT2D eigenvalue weighted by molar-refractivity contribution is 7.92. The number of carbonyl (C=O) groups is 2. The van der Waals surface area contributed by atoms with Gasteiger partial charge in [0.05, 0.1) is 23.5 Å². The van der Waals surface area contributed by atoms with E-state index in [-0.39, 0.29) is 34.1 Å². The molecule has 1 unspecified atom stereocenters. The van der Waals surface area contributed by atoms with Gasteiger partial charge in [0.15, 0.2) is 6.80 Å². The van der Waals surface area contributed by atoms with Gasteiger partial charge < -0.3 is 19.2 Å². The van der Waals surface area contributed by atoms with Crippen molar-refractivity contribution in [3.8, 4) is 22.5 Å². The maximum Gasteiger partial charge on any atom is 0.255 e. The summed E-state index contributed by atoms with van der Waals surface area (Å²) < 4.78 is 63.0. The molecule has 0 saturated heterocycles. The Balaban J connectivity index is 1.40. The van der Waals surface area contributed by atoms with E-state index in [0.29, 0.717) is 39.5 Å². The number of nitrogens with zero attached hydrogens (tertiary/aromatic N) is 4. The van der Waals surface area contributed by atoms with Crippen molar-refractivity contribution in [1.82, 2.24) is 19.8 Å². The number of fused-ring (bicyclic) bond motifs is 2. The van der Waals surface area contributed by atoms with Crippen LogP contribution in [-0.4, -0.2) is 61.3 Å². The van der Waals surface area contributed by atoms with Crippen molar-refractivity contribution in [3.05, 3.63) is 132 Å². The molecule has 13 heteroatoms. The van der Waals surface area contributed by atoms with Crippen LogP contribution in [0.15, 0.2) is 108 Å². The zero-order chi connectivity index (χ0) is 35.2. The molecule has 1 N–H and O–H groups in total. The first-order chi connectivity index (χ1) is 24.1. The fourth-order valence-electron chi connectivity index (χ4n) is 6.53. The number of rotatable bonds is 8. The van der Waals surface area contributed by atoms with Crippen LogP contribution >= 0.6 is 0 Å². The standard InChI is InChI=1S/C37H31F2N5O5S/c1-40-36(45)33-29-19-28(31(44(22-38)50(2,47)48)20-32(29)49-35(33)23-10-12-27(39)13-11-23)24-6-3-7-25(18-24)37(46)43-17-16-42-15-5-9-30(42)34(43)26-8-4-14-41-21-26/h3-15,18-21,34H,16-17,22H2,1-2H3,(H,40,45). The summed E-state index contributed by atoms with van der Waals surface area (Å²) in [7, 11) is -2.69. The fraction of sp³-hybridized carbons (Fsp3) is 0.162. The molecule has 2 amide bonds. The number of furan rings is 1. The molecule has 1 aliphatic heterocycles. The predicted molar refractivity (Wildman–Crippen MR) is 185 cm³/mol. The molecule has 0 aliphatic carbocycles. The van der Waals surface area contributed by atoms with E-state index in [4.69, 9.17) is 4.42 Å².